The van der Waals surface area contributed by atoms with E-state index in [1.54, 1.807) is 18.3 Å². The molecule has 3 heterocycles. The molecule has 5 rings (SSSR count). The molecule has 6 nitrogen and oxygen atoms in total. The van der Waals surface area contributed by atoms with E-state index in [1.165, 1.54) is 43.3 Å². The lowest BCUT2D eigenvalue weighted by Gasteiger charge is -2.15. The van der Waals surface area contributed by atoms with Crippen LogP contribution in [0.2, 0.25) is 0 Å². The van der Waals surface area contributed by atoms with Crippen LogP contribution < -0.4 is 14.8 Å². The summed E-state index contributed by atoms with van der Waals surface area (Å²) in [5.74, 6) is 1.72. The molecule has 198 valence electrons. The molecule has 1 fully saturated rings. The molecular formula is C30H33FN4O2S. The normalized spacial score (nSPS) is 13.7. The predicted octanol–water partition coefficient (Wildman–Crippen LogP) is 7.33. The molecule has 0 bridgehead atoms. The van der Waals surface area contributed by atoms with E-state index in [1.807, 2.05) is 57.2 Å². The lowest BCUT2D eigenvalue weighted by Crippen LogP contribution is -2.25. The maximum Gasteiger partial charge on any atom is 0.227 e. The van der Waals surface area contributed by atoms with E-state index in [0.717, 1.165) is 39.0 Å². The van der Waals surface area contributed by atoms with Gasteiger partial charge in [0, 0.05) is 28.9 Å². The summed E-state index contributed by atoms with van der Waals surface area (Å²) in [6.07, 6.45) is 4.40. The van der Waals surface area contributed by atoms with Crippen LogP contribution in [0.5, 0.6) is 11.5 Å². The van der Waals surface area contributed by atoms with Gasteiger partial charge in [-0.2, -0.15) is 0 Å². The van der Waals surface area contributed by atoms with Crippen molar-refractivity contribution in [3.63, 3.8) is 0 Å². The topological polar surface area (TPSA) is 59.5 Å². The molecule has 2 aromatic carbocycles. The Labute approximate surface area is 227 Å². The minimum absolute atomic E-state index is 0.0188. The van der Waals surface area contributed by atoms with Crippen LogP contribution in [0.15, 0.2) is 60.8 Å². The molecule has 0 aliphatic carbocycles. The monoisotopic (exact) mass is 532 g/mol. The fourth-order valence-electron chi connectivity index (χ4n) is 4.46. The van der Waals surface area contributed by atoms with Gasteiger partial charge in [0.15, 0.2) is 0 Å². The lowest BCUT2D eigenvalue weighted by molar-refractivity contribution is 0.238. The van der Waals surface area contributed by atoms with Crippen LogP contribution >= 0.6 is 11.3 Å². The summed E-state index contributed by atoms with van der Waals surface area (Å²) in [4.78, 5) is 13.4. The van der Waals surface area contributed by atoms with Crippen LogP contribution in [-0.2, 0) is 0 Å². The van der Waals surface area contributed by atoms with Gasteiger partial charge < -0.3 is 14.8 Å². The number of nitrogens with zero attached hydrogens (tertiary/aromatic N) is 3. The van der Waals surface area contributed by atoms with Gasteiger partial charge in [-0.15, -0.1) is 11.3 Å². The van der Waals surface area contributed by atoms with Gasteiger partial charge in [0.05, 0.1) is 16.7 Å². The highest BCUT2D eigenvalue weighted by molar-refractivity contribution is 7.18. The summed E-state index contributed by atoms with van der Waals surface area (Å²) in [7, 11) is 0. The summed E-state index contributed by atoms with van der Waals surface area (Å²) in [6, 6.07) is 16.6. The summed E-state index contributed by atoms with van der Waals surface area (Å²) in [6.45, 7) is 9.89. The van der Waals surface area contributed by atoms with E-state index >= 15 is 0 Å². The van der Waals surface area contributed by atoms with E-state index in [4.69, 9.17) is 14.5 Å². The van der Waals surface area contributed by atoms with Crippen molar-refractivity contribution in [3.05, 3.63) is 72.2 Å². The first kappa shape index (κ1) is 26.1. The van der Waals surface area contributed by atoms with Crippen molar-refractivity contribution in [2.75, 3.05) is 31.6 Å². The van der Waals surface area contributed by atoms with Gasteiger partial charge in [-0.25, -0.2) is 14.4 Å². The molecule has 1 N–H and O–H groups in total. The molecule has 1 aliphatic rings. The standard InChI is InChI=1S/C30H33FN4O2S/c1-20(2)37-24-10-11-26(31)25(18-24)27-12-13-28(38-27)29-21(3)19-32-30(34-29)33-22-6-8-23(9-7-22)36-17-16-35-14-4-5-15-35/h6-13,18-20H,4-5,14-17H2,1-3H3,(H,32,33,34). The molecule has 0 radical (unpaired) electrons. The van der Waals surface area contributed by atoms with Crippen LogP contribution in [0.4, 0.5) is 16.0 Å². The lowest BCUT2D eigenvalue weighted by atomic mass is 10.1. The zero-order chi connectivity index (χ0) is 26.5. The van der Waals surface area contributed by atoms with Gasteiger partial charge in [-0.1, -0.05) is 0 Å². The molecular weight excluding hydrogens is 499 g/mol. The first-order valence-corrected chi connectivity index (χ1v) is 13.9. The Morgan fingerprint density at radius 1 is 1.00 bits per heavy atom. The number of thiophene rings is 1. The number of rotatable bonds is 10. The van der Waals surface area contributed by atoms with Crippen LogP contribution in [0.1, 0.15) is 32.3 Å². The Hall–Kier alpha value is -3.49. The van der Waals surface area contributed by atoms with Crippen molar-refractivity contribution in [1.29, 1.82) is 0 Å². The first-order valence-electron chi connectivity index (χ1n) is 13.1. The third-order valence-corrected chi connectivity index (χ3v) is 7.50. The second-order valence-electron chi connectivity index (χ2n) is 9.74. The number of anilines is 2. The maximum atomic E-state index is 14.7. The Balaban J connectivity index is 1.27. The van der Waals surface area contributed by atoms with Gasteiger partial charge >= 0.3 is 0 Å². The molecule has 2 aromatic heterocycles. The van der Waals surface area contributed by atoms with Gasteiger partial charge in [0.2, 0.25) is 5.95 Å². The summed E-state index contributed by atoms with van der Waals surface area (Å²) < 4.78 is 26.3. The number of aryl methyl sites for hydroxylation is 1. The highest BCUT2D eigenvalue weighted by Crippen LogP contribution is 2.37. The predicted molar refractivity (Wildman–Crippen MR) is 152 cm³/mol. The number of aromatic nitrogens is 2. The van der Waals surface area contributed by atoms with Crippen LogP contribution in [0, 0.1) is 12.7 Å². The molecule has 1 saturated heterocycles. The summed E-state index contributed by atoms with van der Waals surface area (Å²) in [5.41, 5.74) is 3.16. The maximum absolute atomic E-state index is 14.7. The summed E-state index contributed by atoms with van der Waals surface area (Å²) in [5, 5.41) is 3.28. The van der Waals surface area contributed by atoms with Crippen molar-refractivity contribution >= 4 is 23.0 Å². The SMILES string of the molecule is Cc1cnc(Nc2ccc(OCCN3CCCC3)cc2)nc1-c1ccc(-c2cc(OC(C)C)ccc2F)s1. The quantitative estimate of drug-likeness (QED) is 0.231. The molecule has 0 unspecified atom stereocenters. The average Bonchev–Trinajstić information content (AvgIpc) is 3.60. The van der Waals surface area contributed by atoms with Gasteiger partial charge in [-0.3, -0.25) is 4.90 Å². The highest BCUT2D eigenvalue weighted by Gasteiger charge is 2.15. The van der Waals surface area contributed by atoms with Crippen molar-refractivity contribution in [3.8, 4) is 32.5 Å². The van der Waals surface area contributed by atoms with Gasteiger partial charge in [0.1, 0.15) is 23.9 Å². The first-order chi connectivity index (χ1) is 18.4. The number of likely N-dealkylation sites (tertiary alicyclic amines) is 1. The van der Waals surface area contributed by atoms with E-state index in [2.05, 4.69) is 15.2 Å². The number of ether oxygens (including phenoxy) is 2. The van der Waals surface area contributed by atoms with Crippen molar-refractivity contribution < 1.29 is 13.9 Å². The number of nitrogens with one attached hydrogen (secondary N) is 1. The third kappa shape index (κ3) is 6.49. The Kier molecular flexibility index (Phi) is 8.20. The minimum Gasteiger partial charge on any atom is -0.492 e. The number of hydrogen-bond donors (Lipinski definition) is 1. The van der Waals surface area contributed by atoms with E-state index in [-0.39, 0.29) is 11.9 Å². The molecule has 38 heavy (non-hydrogen) atoms. The Morgan fingerprint density at radius 2 is 1.74 bits per heavy atom. The fourth-order valence-corrected chi connectivity index (χ4v) is 5.54. The molecule has 8 heteroatoms. The Bertz CT molecular complexity index is 1370. The smallest absolute Gasteiger partial charge is 0.227 e. The van der Waals surface area contributed by atoms with Crippen LogP contribution in [-0.4, -0.2) is 47.2 Å². The van der Waals surface area contributed by atoms with Crippen molar-refractivity contribution in [1.82, 2.24) is 14.9 Å². The molecule has 1 aliphatic heterocycles. The average molecular weight is 533 g/mol. The zero-order valence-corrected chi connectivity index (χ0v) is 22.9. The second kappa shape index (κ2) is 11.9. The summed E-state index contributed by atoms with van der Waals surface area (Å²) >= 11 is 1.49. The molecule has 0 saturated carbocycles. The fraction of sp³-hybridized carbons (Fsp3) is 0.333. The van der Waals surface area contributed by atoms with E-state index in [9.17, 15) is 4.39 Å². The molecule has 0 amide bonds. The largest absolute Gasteiger partial charge is 0.492 e. The van der Waals surface area contributed by atoms with Crippen molar-refractivity contribution in [2.45, 2.75) is 39.7 Å². The van der Waals surface area contributed by atoms with Crippen LogP contribution in [0.25, 0.3) is 21.0 Å². The highest BCUT2D eigenvalue weighted by atomic mass is 32.1. The van der Waals surface area contributed by atoms with Gasteiger partial charge in [0.25, 0.3) is 0 Å². The van der Waals surface area contributed by atoms with Gasteiger partial charge in [-0.05, 0) is 107 Å². The number of benzene rings is 2. The Morgan fingerprint density at radius 3 is 2.50 bits per heavy atom. The third-order valence-electron chi connectivity index (χ3n) is 6.37. The zero-order valence-electron chi connectivity index (χ0n) is 22.0. The van der Waals surface area contributed by atoms with Crippen molar-refractivity contribution in [2.24, 2.45) is 0 Å². The molecule has 0 atom stereocenters. The number of halogens is 1. The second-order valence-corrected chi connectivity index (χ2v) is 10.8. The number of hydrogen-bond acceptors (Lipinski definition) is 7. The molecule has 0 spiro atoms. The van der Waals surface area contributed by atoms with Crippen LogP contribution in [0.3, 0.4) is 0 Å². The molecule has 4 aromatic rings. The van der Waals surface area contributed by atoms with E-state index < -0.39 is 0 Å². The van der Waals surface area contributed by atoms with E-state index in [0.29, 0.717) is 23.9 Å². The minimum atomic E-state index is -0.278.